The van der Waals surface area contributed by atoms with Crippen LogP contribution in [0.1, 0.15) is 50.4 Å². The van der Waals surface area contributed by atoms with Crippen molar-refractivity contribution in [3.63, 3.8) is 0 Å². The maximum absolute atomic E-state index is 17.4. The number of aliphatic hydroxyl groups excluding tert-OH is 2. The second-order valence-corrected chi connectivity index (χ2v) is 11.6. The largest absolute Gasteiger partial charge is 0.446 e. The molecule has 1 unspecified atom stereocenters. The molecule has 0 heterocycles. The molecule has 0 aliphatic heterocycles. The summed E-state index contributed by atoms with van der Waals surface area (Å²) in [6.07, 6.45) is 0.133. The number of halogens is 2. The first kappa shape index (κ1) is 25.9. The Bertz CT molecular complexity index is 1210. The van der Waals surface area contributed by atoms with Gasteiger partial charge in [-0.1, -0.05) is 38.1 Å². The number of hydrogen-bond acceptors (Lipinski definition) is 6. The molecular formula is C29H32F2O6. The van der Waals surface area contributed by atoms with Crippen LogP contribution in [0.15, 0.2) is 54.1 Å². The number of benzene rings is 1. The molecule has 8 heteroatoms. The molecule has 1 aromatic carbocycles. The van der Waals surface area contributed by atoms with E-state index in [0.717, 1.165) is 6.08 Å². The van der Waals surface area contributed by atoms with Crippen LogP contribution < -0.4 is 0 Å². The van der Waals surface area contributed by atoms with Crippen molar-refractivity contribution in [2.24, 2.45) is 28.6 Å². The summed E-state index contributed by atoms with van der Waals surface area (Å²) in [4.78, 5) is 38.7. The van der Waals surface area contributed by atoms with E-state index in [0.29, 0.717) is 0 Å². The van der Waals surface area contributed by atoms with Gasteiger partial charge >= 0.3 is 5.97 Å². The quantitative estimate of drug-likeness (QED) is 0.595. The molecule has 1 aromatic rings. The van der Waals surface area contributed by atoms with E-state index in [1.807, 2.05) is 0 Å². The first-order chi connectivity index (χ1) is 17.4. The van der Waals surface area contributed by atoms with Crippen LogP contribution in [0, 0.1) is 28.6 Å². The molecule has 3 saturated carbocycles. The second-order valence-electron chi connectivity index (χ2n) is 11.6. The molecule has 37 heavy (non-hydrogen) atoms. The van der Waals surface area contributed by atoms with Crippen molar-refractivity contribution in [2.45, 2.75) is 63.6 Å². The number of alkyl halides is 2. The molecule has 4 aliphatic rings. The van der Waals surface area contributed by atoms with Gasteiger partial charge in [-0.2, -0.15) is 0 Å². The molecule has 9 atom stereocenters. The Morgan fingerprint density at radius 2 is 1.81 bits per heavy atom. The third-order valence-electron chi connectivity index (χ3n) is 9.99. The second kappa shape index (κ2) is 8.40. The Morgan fingerprint density at radius 1 is 1.14 bits per heavy atom. The molecule has 6 nitrogen and oxygen atoms in total. The van der Waals surface area contributed by atoms with Gasteiger partial charge < -0.3 is 14.9 Å². The standard InChI is InChI=1S/C29H32F2O6/c1-16-11-19-20-13-22(30)21-12-18(33)9-10-26(21,2)28(20,31)23(34)14-27(19,3)29(16,24(35)15-32)37-25(36)17-7-5-4-6-8-17/h4-10,12,16,19-20,22-23,32,34H,11,13-15H2,1-3H3/t16-,19-,20-,22-,23?,26-,27-,28-,29-/m0/s1. The van der Waals surface area contributed by atoms with Crippen LogP contribution in [0.5, 0.6) is 0 Å². The Hall–Kier alpha value is -2.71. The highest BCUT2D eigenvalue weighted by atomic mass is 19.1. The summed E-state index contributed by atoms with van der Waals surface area (Å²) in [6.45, 7) is 3.99. The number of allylic oxidation sites excluding steroid dienone is 4. The highest BCUT2D eigenvalue weighted by Crippen LogP contribution is 2.71. The zero-order valence-electron chi connectivity index (χ0n) is 21.1. The molecule has 4 aliphatic carbocycles. The molecule has 198 valence electrons. The topological polar surface area (TPSA) is 101 Å². The molecule has 0 aromatic heterocycles. The fourth-order valence-corrected chi connectivity index (χ4v) is 8.29. The van der Waals surface area contributed by atoms with Crippen LogP contribution in [0.3, 0.4) is 0 Å². The SMILES string of the molecule is C[C@H]1C[C@H]2[C@@H]3C[C@H](F)C4=CC(=O)C=C[C@]4(C)[C@@]3(F)C(O)C[C@]2(C)[C@@]1(OC(=O)c1ccccc1)C(=O)CO. The Morgan fingerprint density at radius 3 is 2.46 bits per heavy atom. The van der Waals surface area contributed by atoms with Crippen LogP contribution in [-0.4, -0.2) is 57.9 Å². The number of ketones is 2. The third-order valence-corrected chi connectivity index (χ3v) is 9.99. The van der Waals surface area contributed by atoms with E-state index in [1.165, 1.54) is 19.1 Å². The molecule has 0 spiro atoms. The molecule has 3 fully saturated rings. The van der Waals surface area contributed by atoms with Crippen LogP contribution in [0.2, 0.25) is 0 Å². The normalized spacial score (nSPS) is 44.4. The Balaban J connectivity index is 1.63. The van der Waals surface area contributed by atoms with Crippen molar-refractivity contribution in [3.8, 4) is 0 Å². The van der Waals surface area contributed by atoms with Crippen molar-refractivity contribution in [1.82, 2.24) is 0 Å². The van der Waals surface area contributed by atoms with Gasteiger partial charge in [0.05, 0.1) is 11.7 Å². The van der Waals surface area contributed by atoms with Crippen LogP contribution >= 0.6 is 0 Å². The molecule has 5 rings (SSSR count). The van der Waals surface area contributed by atoms with E-state index in [4.69, 9.17) is 4.74 Å². The highest BCUT2D eigenvalue weighted by Gasteiger charge is 2.78. The summed E-state index contributed by atoms with van der Waals surface area (Å²) in [7, 11) is 0. The van der Waals surface area contributed by atoms with Gasteiger partial charge in [0.15, 0.2) is 17.1 Å². The summed E-state index contributed by atoms with van der Waals surface area (Å²) < 4.78 is 39.0. The van der Waals surface area contributed by atoms with Crippen molar-refractivity contribution < 1.29 is 38.1 Å². The zero-order valence-corrected chi connectivity index (χ0v) is 21.1. The molecular weight excluding hydrogens is 482 g/mol. The third kappa shape index (κ3) is 3.18. The summed E-state index contributed by atoms with van der Waals surface area (Å²) in [5, 5.41) is 21.5. The lowest BCUT2D eigenvalue weighted by Crippen LogP contribution is -2.71. The van der Waals surface area contributed by atoms with E-state index < -0.39 is 76.3 Å². The van der Waals surface area contributed by atoms with Crippen molar-refractivity contribution >= 4 is 17.5 Å². The van der Waals surface area contributed by atoms with Crippen molar-refractivity contribution in [3.05, 3.63) is 59.7 Å². The van der Waals surface area contributed by atoms with Gasteiger partial charge in [-0.25, -0.2) is 13.6 Å². The number of rotatable bonds is 4. The van der Waals surface area contributed by atoms with Crippen molar-refractivity contribution in [2.75, 3.05) is 6.61 Å². The highest BCUT2D eigenvalue weighted by molar-refractivity contribution is 6.01. The minimum atomic E-state index is -2.32. The Kier molecular flexibility index (Phi) is 5.88. The number of Topliss-reactive ketones (excluding diaryl/α,β-unsaturated/α-hetero) is 1. The summed E-state index contributed by atoms with van der Waals surface area (Å²) in [6, 6.07) is 8.12. The van der Waals surface area contributed by atoms with Gasteiger partial charge in [0.25, 0.3) is 0 Å². The summed E-state index contributed by atoms with van der Waals surface area (Å²) in [5.74, 6) is -4.21. The maximum Gasteiger partial charge on any atom is 0.339 e. The van der Waals surface area contributed by atoms with Crippen molar-refractivity contribution in [1.29, 1.82) is 0 Å². The van der Waals surface area contributed by atoms with E-state index in [2.05, 4.69) is 0 Å². The number of aliphatic hydroxyl groups is 2. The van der Waals surface area contributed by atoms with Gasteiger partial charge in [0.2, 0.25) is 5.78 Å². The van der Waals surface area contributed by atoms with E-state index in [9.17, 15) is 24.6 Å². The minimum absolute atomic E-state index is 0.0145. The lowest BCUT2D eigenvalue weighted by Gasteiger charge is -2.63. The van der Waals surface area contributed by atoms with E-state index >= 15 is 8.78 Å². The number of hydrogen-bond donors (Lipinski definition) is 2. The van der Waals surface area contributed by atoms with Gasteiger partial charge in [-0.15, -0.1) is 0 Å². The monoisotopic (exact) mass is 514 g/mol. The lowest BCUT2D eigenvalue weighted by atomic mass is 9.44. The molecule has 0 bridgehead atoms. The lowest BCUT2D eigenvalue weighted by molar-refractivity contribution is -0.224. The Labute approximate surface area is 214 Å². The fraction of sp³-hybridized carbons (Fsp3) is 0.552. The average Bonchev–Trinajstić information content (AvgIpc) is 3.09. The average molecular weight is 515 g/mol. The smallest absolute Gasteiger partial charge is 0.339 e. The van der Waals surface area contributed by atoms with E-state index in [1.54, 1.807) is 44.2 Å². The number of ether oxygens (including phenoxy) is 1. The first-order valence-electron chi connectivity index (χ1n) is 12.8. The summed E-state index contributed by atoms with van der Waals surface area (Å²) in [5.41, 5.74) is -6.76. The molecule has 0 saturated heterocycles. The van der Waals surface area contributed by atoms with Crippen LogP contribution in [0.25, 0.3) is 0 Å². The molecule has 0 radical (unpaired) electrons. The number of carbonyl (C=O) groups excluding carboxylic acids is 3. The van der Waals surface area contributed by atoms with Crippen LogP contribution in [0.4, 0.5) is 8.78 Å². The maximum atomic E-state index is 17.4. The predicted molar refractivity (Wildman–Crippen MR) is 130 cm³/mol. The molecule has 0 amide bonds. The first-order valence-corrected chi connectivity index (χ1v) is 12.8. The fourth-order valence-electron chi connectivity index (χ4n) is 8.29. The summed E-state index contributed by atoms with van der Waals surface area (Å²) >= 11 is 0. The predicted octanol–water partition coefficient (Wildman–Crippen LogP) is 3.71. The number of esters is 1. The van der Waals surface area contributed by atoms with E-state index in [-0.39, 0.29) is 30.4 Å². The minimum Gasteiger partial charge on any atom is -0.446 e. The van der Waals surface area contributed by atoms with Crippen LogP contribution in [-0.2, 0) is 14.3 Å². The number of carbonyl (C=O) groups is 3. The molecule has 2 N–H and O–H groups in total. The zero-order chi connectivity index (χ0) is 27.0. The number of fused-ring (bicyclic) bond motifs is 5. The van der Waals surface area contributed by atoms with Gasteiger partial charge in [0.1, 0.15) is 12.8 Å². The van der Waals surface area contributed by atoms with Gasteiger partial charge in [0, 0.05) is 22.7 Å². The van der Waals surface area contributed by atoms with Gasteiger partial charge in [-0.05, 0) is 62.0 Å². The van der Waals surface area contributed by atoms with Gasteiger partial charge in [-0.3, -0.25) is 9.59 Å².